The first-order valence-electron chi connectivity index (χ1n) is 5.57. The summed E-state index contributed by atoms with van der Waals surface area (Å²) in [6.45, 7) is 0.641. The Balaban J connectivity index is 2.24. The van der Waals surface area contributed by atoms with Crippen LogP contribution in [0.1, 0.15) is 5.56 Å². The van der Waals surface area contributed by atoms with Crippen LogP contribution in [0.25, 0.3) is 0 Å². The van der Waals surface area contributed by atoms with Crippen LogP contribution in [0.2, 0.25) is 10.0 Å². The monoisotopic (exact) mass is 280 g/mol. The second-order valence-corrected chi connectivity index (χ2v) is 4.97. The molecule has 0 saturated heterocycles. The summed E-state index contributed by atoms with van der Waals surface area (Å²) in [7, 11) is 1.98. The Labute approximate surface area is 117 Å². The average Bonchev–Trinajstić information content (AvgIpc) is 2.34. The fraction of sp³-hybridized carbons (Fsp3) is 0.143. The molecular formula is C14H14Cl2N2. The van der Waals surface area contributed by atoms with Gasteiger partial charge in [-0.15, -0.1) is 0 Å². The van der Waals surface area contributed by atoms with Crippen LogP contribution in [0, 0.1) is 0 Å². The minimum absolute atomic E-state index is 0.641. The maximum Gasteiger partial charge on any atom is 0.0470 e. The summed E-state index contributed by atoms with van der Waals surface area (Å²) < 4.78 is 0. The Morgan fingerprint density at radius 3 is 2.28 bits per heavy atom. The van der Waals surface area contributed by atoms with Gasteiger partial charge in [0.25, 0.3) is 0 Å². The van der Waals surface area contributed by atoms with E-state index < -0.39 is 0 Å². The highest BCUT2D eigenvalue weighted by Crippen LogP contribution is 2.27. The van der Waals surface area contributed by atoms with Crippen molar-refractivity contribution in [3.8, 4) is 0 Å². The molecule has 0 unspecified atom stereocenters. The number of nitrogen functional groups attached to an aromatic ring is 1. The molecule has 18 heavy (non-hydrogen) atoms. The molecule has 0 fully saturated rings. The number of hydrogen-bond acceptors (Lipinski definition) is 2. The third kappa shape index (κ3) is 2.89. The van der Waals surface area contributed by atoms with E-state index in [1.807, 2.05) is 49.5 Å². The molecule has 0 atom stereocenters. The molecule has 4 heteroatoms. The minimum atomic E-state index is 0.641. The Morgan fingerprint density at radius 2 is 1.67 bits per heavy atom. The third-order valence-corrected chi connectivity index (χ3v) is 3.48. The average molecular weight is 281 g/mol. The van der Waals surface area contributed by atoms with Gasteiger partial charge < -0.3 is 10.6 Å². The van der Waals surface area contributed by atoms with Crippen molar-refractivity contribution in [3.63, 3.8) is 0 Å². The summed E-state index contributed by atoms with van der Waals surface area (Å²) in [6.07, 6.45) is 0. The van der Waals surface area contributed by atoms with Gasteiger partial charge in [0.1, 0.15) is 0 Å². The summed E-state index contributed by atoms with van der Waals surface area (Å²) >= 11 is 12.3. The van der Waals surface area contributed by atoms with E-state index in [4.69, 9.17) is 28.9 Å². The number of anilines is 2. The van der Waals surface area contributed by atoms with Crippen molar-refractivity contribution in [3.05, 3.63) is 58.1 Å². The topological polar surface area (TPSA) is 29.3 Å². The van der Waals surface area contributed by atoms with Crippen LogP contribution in [0.4, 0.5) is 11.4 Å². The second-order valence-electron chi connectivity index (χ2n) is 4.15. The molecular weight excluding hydrogens is 267 g/mol. The van der Waals surface area contributed by atoms with Crippen molar-refractivity contribution >= 4 is 34.6 Å². The molecule has 2 aromatic rings. The lowest BCUT2D eigenvalue weighted by Crippen LogP contribution is -2.17. The molecule has 2 aromatic carbocycles. The van der Waals surface area contributed by atoms with Crippen molar-refractivity contribution < 1.29 is 0 Å². The molecule has 0 amide bonds. The Bertz CT molecular complexity index is 535. The summed E-state index contributed by atoms with van der Waals surface area (Å²) in [6, 6.07) is 13.2. The largest absolute Gasteiger partial charge is 0.399 e. The van der Waals surface area contributed by atoms with Crippen LogP contribution in [0.3, 0.4) is 0 Å². The lowest BCUT2D eigenvalue weighted by Gasteiger charge is -2.21. The van der Waals surface area contributed by atoms with Gasteiger partial charge in [0, 0.05) is 40.6 Å². The van der Waals surface area contributed by atoms with E-state index in [2.05, 4.69) is 4.90 Å². The highest BCUT2D eigenvalue weighted by molar-refractivity contribution is 6.36. The quantitative estimate of drug-likeness (QED) is 0.854. The van der Waals surface area contributed by atoms with Gasteiger partial charge in [-0.25, -0.2) is 0 Å². The third-order valence-electron chi connectivity index (χ3n) is 2.77. The summed E-state index contributed by atoms with van der Waals surface area (Å²) in [4.78, 5) is 2.06. The van der Waals surface area contributed by atoms with E-state index in [0.717, 1.165) is 16.9 Å². The number of benzene rings is 2. The summed E-state index contributed by atoms with van der Waals surface area (Å²) in [5.74, 6) is 0. The fourth-order valence-electron chi connectivity index (χ4n) is 1.77. The maximum absolute atomic E-state index is 6.16. The molecule has 0 saturated carbocycles. The molecule has 0 aliphatic carbocycles. The molecule has 94 valence electrons. The van der Waals surface area contributed by atoms with Gasteiger partial charge in [-0.05, 0) is 30.3 Å². The van der Waals surface area contributed by atoms with E-state index in [1.165, 1.54) is 0 Å². The Morgan fingerprint density at radius 1 is 1.06 bits per heavy atom. The smallest absolute Gasteiger partial charge is 0.0470 e. The van der Waals surface area contributed by atoms with Crippen LogP contribution >= 0.6 is 23.2 Å². The molecule has 2 nitrogen and oxygen atoms in total. The zero-order valence-electron chi connectivity index (χ0n) is 10.0. The van der Waals surface area contributed by atoms with E-state index in [-0.39, 0.29) is 0 Å². The van der Waals surface area contributed by atoms with Crippen molar-refractivity contribution in [1.82, 2.24) is 0 Å². The molecule has 0 spiro atoms. The molecule has 2 rings (SSSR count). The number of rotatable bonds is 3. The van der Waals surface area contributed by atoms with Gasteiger partial charge in [0.15, 0.2) is 0 Å². The minimum Gasteiger partial charge on any atom is -0.399 e. The highest BCUT2D eigenvalue weighted by atomic mass is 35.5. The van der Waals surface area contributed by atoms with Crippen LogP contribution < -0.4 is 10.6 Å². The zero-order valence-corrected chi connectivity index (χ0v) is 11.5. The molecule has 0 aliphatic heterocycles. The molecule has 0 aliphatic rings. The van der Waals surface area contributed by atoms with Gasteiger partial charge in [-0.2, -0.15) is 0 Å². The number of halogens is 2. The van der Waals surface area contributed by atoms with Gasteiger partial charge in [0.2, 0.25) is 0 Å². The normalized spacial score (nSPS) is 10.4. The van der Waals surface area contributed by atoms with Gasteiger partial charge in [0.05, 0.1) is 0 Å². The lowest BCUT2D eigenvalue weighted by atomic mass is 10.2. The Hall–Kier alpha value is -1.38. The van der Waals surface area contributed by atoms with Crippen LogP contribution in [0.5, 0.6) is 0 Å². The number of nitrogens with two attached hydrogens (primary N) is 1. The maximum atomic E-state index is 6.16. The van der Waals surface area contributed by atoms with Crippen LogP contribution in [0.15, 0.2) is 42.5 Å². The molecule has 2 N–H and O–H groups in total. The first-order chi connectivity index (χ1) is 8.58. The fourth-order valence-corrected chi connectivity index (χ4v) is 2.29. The Kier molecular flexibility index (Phi) is 4.00. The van der Waals surface area contributed by atoms with Crippen molar-refractivity contribution in [1.29, 1.82) is 0 Å². The predicted octanol–water partition coefficient (Wildman–Crippen LogP) is 4.21. The predicted molar refractivity (Wildman–Crippen MR) is 79.4 cm³/mol. The van der Waals surface area contributed by atoms with Crippen molar-refractivity contribution in [2.75, 3.05) is 17.7 Å². The molecule has 0 heterocycles. The second kappa shape index (κ2) is 5.51. The number of hydrogen-bond donors (Lipinski definition) is 1. The van der Waals surface area contributed by atoms with E-state index in [9.17, 15) is 0 Å². The van der Waals surface area contributed by atoms with E-state index in [0.29, 0.717) is 16.6 Å². The van der Waals surface area contributed by atoms with E-state index in [1.54, 1.807) is 0 Å². The standard InChI is InChI=1S/C14H14Cl2N2/c1-18(11-5-2-4-10(17)8-11)9-12-13(15)6-3-7-14(12)16/h2-8H,9,17H2,1H3. The van der Waals surface area contributed by atoms with E-state index >= 15 is 0 Å². The molecule has 0 aromatic heterocycles. The van der Waals surface area contributed by atoms with Gasteiger partial charge in [-0.1, -0.05) is 35.3 Å². The van der Waals surface area contributed by atoms with Crippen molar-refractivity contribution in [2.24, 2.45) is 0 Å². The molecule has 0 radical (unpaired) electrons. The zero-order chi connectivity index (χ0) is 13.1. The van der Waals surface area contributed by atoms with Crippen LogP contribution in [-0.2, 0) is 6.54 Å². The first kappa shape index (κ1) is 13.1. The first-order valence-corrected chi connectivity index (χ1v) is 6.33. The molecule has 0 bridgehead atoms. The summed E-state index contributed by atoms with van der Waals surface area (Å²) in [5, 5.41) is 1.36. The SMILES string of the molecule is CN(Cc1c(Cl)cccc1Cl)c1cccc(N)c1. The van der Waals surface area contributed by atoms with Gasteiger partial charge in [-0.3, -0.25) is 0 Å². The summed E-state index contributed by atoms with van der Waals surface area (Å²) in [5.41, 5.74) is 8.47. The van der Waals surface area contributed by atoms with Gasteiger partial charge >= 0.3 is 0 Å². The van der Waals surface area contributed by atoms with Crippen LogP contribution in [-0.4, -0.2) is 7.05 Å². The van der Waals surface area contributed by atoms with Crippen molar-refractivity contribution in [2.45, 2.75) is 6.54 Å². The lowest BCUT2D eigenvalue weighted by molar-refractivity contribution is 0.924. The highest BCUT2D eigenvalue weighted by Gasteiger charge is 2.09. The number of nitrogens with zero attached hydrogens (tertiary/aromatic N) is 1.